The summed E-state index contributed by atoms with van der Waals surface area (Å²) in [6.45, 7) is 2.18. The van der Waals surface area contributed by atoms with E-state index in [1.165, 1.54) is 18.4 Å². The number of rotatable bonds is 7. The van der Waals surface area contributed by atoms with Crippen molar-refractivity contribution < 1.29 is 9.53 Å². The Morgan fingerprint density at radius 3 is 2.50 bits per heavy atom. The van der Waals surface area contributed by atoms with Crippen molar-refractivity contribution in [2.24, 2.45) is 0 Å². The van der Waals surface area contributed by atoms with Crippen LogP contribution in [0.5, 0.6) is 5.75 Å². The number of nitrogens with one attached hydrogen (secondary N) is 3. The topological polar surface area (TPSA) is 62.4 Å². The summed E-state index contributed by atoms with van der Waals surface area (Å²) in [4.78, 5) is 12.1. The predicted molar refractivity (Wildman–Crippen MR) is 109 cm³/mol. The zero-order valence-corrected chi connectivity index (χ0v) is 16.0. The van der Waals surface area contributed by atoms with E-state index in [1.807, 2.05) is 36.4 Å². The van der Waals surface area contributed by atoms with E-state index in [1.54, 1.807) is 7.11 Å². The van der Waals surface area contributed by atoms with Gasteiger partial charge in [0, 0.05) is 11.3 Å². The maximum atomic E-state index is 12.1. The molecule has 0 aliphatic heterocycles. The molecule has 0 radical (unpaired) electrons. The van der Waals surface area contributed by atoms with E-state index >= 15 is 0 Å². The highest BCUT2D eigenvalue weighted by Gasteiger charge is 2.08. The maximum Gasteiger partial charge on any atom is 0.242 e. The van der Waals surface area contributed by atoms with Gasteiger partial charge < -0.3 is 10.1 Å². The maximum absolute atomic E-state index is 12.1. The van der Waals surface area contributed by atoms with Crippen molar-refractivity contribution in [3.63, 3.8) is 0 Å². The summed E-state index contributed by atoms with van der Waals surface area (Å²) in [5.74, 6) is 0.486. The van der Waals surface area contributed by atoms with Crippen LogP contribution in [0, 0.1) is 0 Å². The second kappa shape index (κ2) is 10.4. The number of hydrogen-bond donors (Lipinski definition) is 3. The molecule has 26 heavy (non-hydrogen) atoms. The molecule has 6 heteroatoms. The summed E-state index contributed by atoms with van der Waals surface area (Å²) in [5.41, 5.74) is 8.31. The standard InChI is InChI=1S/C20H25N3O2S/c1-3-4-7-15-10-12-17(13-11-15)21-20(26)23-22-19(24)14-16-8-5-6-9-18(16)25-2/h5-6,8-13H,3-4,7,14H2,1-2H3,(H,22,24)(H2,21,23,26). The van der Waals surface area contributed by atoms with Crippen LogP contribution in [0.4, 0.5) is 5.69 Å². The number of aryl methyl sites for hydroxylation is 1. The van der Waals surface area contributed by atoms with Crippen molar-refractivity contribution >= 4 is 28.9 Å². The Hall–Kier alpha value is -2.60. The lowest BCUT2D eigenvalue weighted by Gasteiger charge is -2.13. The molecule has 0 aliphatic rings. The number of carbonyl (C=O) groups is 1. The third kappa shape index (κ3) is 6.37. The van der Waals surface area contributed by atoms with Gasteiger partial charge in [-0.3, -0.25) is 15.6 Å². The first-order chi connectivity index (χ1) is 12.6. The number of unbranched alkanes of at least 4 members (excludes halogenated alkanes) is 1. The van der Waals surface area contributed by atoms with Gasteiger partial charge in [0.05, 0.1) is 13.5 Å². The van der Waals surface area contributed by atoms with Gasteiger partial charge in [0.25, 0.3) is 0 Å². The van der Waals surface area contributed by atoms with Gasteiger partial charge in [-0.15, -0.1) is 0 Å². The van der Waals surface area contributed by atoms with Crippen LogP contribution in [0.15, 0.2) is 48.5 Å². The number of hydrazine groups is 1. The molecular weight excluding hydrogens is 346 g/mol. The zero-order valence-electron chi connectivity index (χ0n) is 15.2. The van der Waals surface area contributed by atoms with E-state index in [-0.39, 0.29) is 12.3 Å². The van der Waals surface area contributed by atoms with Gasteiger partial charge in [0.15, 0.2) is 5.11 Å². The van der Waals surface area contributed by atoms with Crippen LogP contribution in [-0.4, -0.2) is 18.1 Å². The van der Waals surface area contributed by atoms with Gasteiger partial charge in [-0.25, -0.2) is 0 Å². The molecule has 0 fully saturated rings. The van der Waals surface area contributed by atoms with Crippen LogP contribution in [0.1, 0.15) is 30.9 Å². The molecule has 1 amide bonds. The first kappa shape index (κ1) is 19.7. The van der Waals surface area contributed by atoms with Crippen LogP contribution in [0.3, 0.4) is 0 Å². The highest BCUT2D eigenvalue weighted by atomic mass is 32.1. The van der Waals surface area contributed by atoms with Gasteiger partial charge >= 0.3 is 0 Å². The Morgan fingerprint density at radius 1 is 1.08 bits per heavy atom. The molecule has 0 unspecified atom stereocenters. The van der Waals surface area contributed by atoms with E-state index < -0.39 is 0 Å². The van der Waals surface area contributed by atoms with E-state index in [4.69, 9.17) is 17.0 Å². The second-order valence-corrected chi connectivity index (χ2v) is 6.32. The van der Waals surface area contributed by atoms with Crippen molar-refractivity contribution in [3.8, 4) is 5.75 Å². The minimum absolute atomic E-state index is 0.200. The number of anilines is 1. The lowest BCUT2D eigenvalue weighted by atomic mass is 10.1. The Bertz CT molecular complexity index is 732. The van der Waals surface area contributed by atoms with Crippen molar-refractivity contribution in [3.05, 3.63) is 59.7 Å². The predicted octanol–water partition coefficient (Wildman–Crippen LogP) is 3.60. The van der Waals surface area contributed by atoms with Crippen molar-refractivity contribution in [1.82, 2.24) is 10.9 Å². The molecule has 2 rings (SSSR count). The molecule has 0 heterocycles. The minimum Gasteiger partial charge on any atom is -0.496 e. The van der Waals surface area contributed by atoms with Crippen molar-refractivity contribution in [2.45, 2.75) is 32.6 Å². The van der Waals surface area contributed by atoms with Crippen LogP contribution in [0.25, 0.3) is 0 Å². The van der Waals surface area contributed by atoms with E-state index in [9.17, 15) is 4.79 Å². The molecule has 0 bridgehead atoms. The molecule has 3 N–H and O–H groups in total. The van der Waals surface area contributed by atoms with Crippen LogP contribution in [0.2, 0.25) is 0 Å². The number of hydrogen-bond acceptors (Lipinski definition) is 3. The highest BCUT2D eigenvalue weighted by Crippen LogP contribution is 2.17. The van der Waals surface area contributed by atoms with E-state index in [0.717, 1.165) is 17.7 Å². The number of thiocarbonyl (C=S) groups is 1. The quantitative estimate of drug-likeness (QED) is 0.513. The molecule has 138 valence electrons. The van der Waals surface area contributed by atoms with Gasteiger partial charge in [0.2, 0.25) is 5.91 Å². The lowest BCUT2D eigenvalue weighted by Crippen LogP contribution is -2.44. The lowest BCUT2D eigenvalue weighted by molar-refractivity contribution is -0.121. The van der Waals surface area contributed by atoms with E-state index in [2.05, 4.69) is 35.2 Å². The fourth-order valence-electron chi connectivity index (χ4n) is 2.49. The zero-order chi connectivity index (χ0) is 18.8. The number of benzene rings is 2. The number of ether oxygens (including phenoxy) is 1. The van der Waals surface area contributed by atoms with Crippen LogP contribution >= 0.6 is 12.2 Å². The second-order valence-electron chi connectivity index (χ2n) is 5.92. The SMILES string of the molecule is CCCCc1ccc(NC(=S)NNC(=O)Cc2ccccc2OC)cc1. The summed E-state index contributed by atoms with van der Waals surface area (Å²) in [7, 11) is 1.58. The van der Waals surface area contributed by atoms with Gasteiger partial charge in [-0.2, -0.15) is 0 Å². The third-order valence-corrected chi connectivity index (χ3v) is 4.09. The summed E-state index contributed by atoms with van der Waals surface area (Å²) < 4.78 is 5.25. The van der Waals surface area contributed by atoms with Crippen molar-refractivity contribution in [1.29, 1.82) is 0 Å². The molecule has 2 aromatic carbocycles. The summed E-state index contributed by atoms with van der Waals surface area (Å²) in [6, 6.07) is 15.6. The fourth-order valence-corrected chi connectivity index (χ4v) is 2.66. The fraction of sp³-hybridized carbons (Fsp3) is 0.300. The molecule has 0 spiro atoms. The van der Waals surface area contributed by atoms with Crippen LogP contribution in [-0.2, 0) is 17.6 Å². The summed E-state index contributed by atoms with van der Waals surface area (Å²) in [6.07, 6.45) is 3.65. The first-order valence-electron chi connectivity index (χ1n) is 8.69. The third-order valence-electron chi connectivity index (χ3n) is 3.89. The summed E-state index contributed by atoms with van der Waals surface area (Å²) >= 11 is 5.21. The molecule has 2 aromatic rings. The Kier molecular flexibility index (Phi) is 7.89. The Labute approximate surface area is 160 Å². The normalized spacial score (nSPS) is 10.1. The molecule has 0 aliphatic carbocycles. The number of methoxy groups -OCH3 is 1. The molecule has 0 aromatic heterocycles. The Balaban J connectivity index is 1.78. The molecule has 0 saturated carbocycles. The number of para-hydroxylation sites is 1. The molecule has 0 atom stereocenters. The first-order valence-corrected chi connectivity index (χ1v) is 9.10. The average molecular weight is 372 g/mol. The Morgan fingerprint density at radius 2 is 1.81 bits per heavy atom. The number of amides is 1. The van der Waals surface area contributed by atoms with Gasteiger partial charge in [-0.05, 0) is 48.8 Å². The largest absolute Gasteiger partial charge is 0.496 e. The van der Waals surface area contributed by atoms with Gasteiger partial charge in [-0.1, -0.05) is 43.7 Å². The average Bonchev–Trinajstić information content (AvgIpc) is 2.66. The molecular formula is C20H25N3O2S. The highest BCUT2D eigenvalue weighted by molar-refractivity contribution is 7.80. The summed E-state index contributed by atoms with van der Waals surface area (Å²) in [5, 5.41) is 3.38. The minimum atomic E-state index is -0.200. The van der Waals surface area contributed by atoms with Gasteiger partial charge in [0.1, 0.15) is 5.75 Å². The molecule has 0 saturated heterocycles. The van der Waals surface area contributed by atoms with E-state index in [0.29, 0.717) is 10.9 Å². The molecule has 5 nitrogen and oxygen atoms in total. The monoisotopic (exact) mass is 371 g/mol. The smallest absolute Gasteiger partial charge is 0.242 e. The van der Waals surface area contributed by atoms with Crippen LogP contribution < -0.4 is 20.9 Å². The van der Waals surface area contributed by atoms with Crippen molar-refractivity contribution in [2.75, 3.05) is 12.4 Å². The number of carbonyl (C=O) groups excluding carboxylic acids is 1.